The van der Waals surface area contributed by atoms with Crippen molar-refractivity contribution in [1.29, 1.82) is 0 Å². The Kier molecular flexibility index (Phi) is 8.17. The second-order valence-electron chi connectivity index (χ2n) is 5.14. The minimum atomic E-state index is -0.0360. The summed E-state index contributed by atoms with van der Waals surface area (Å²) in [5.74, 6) is -0.0360. The van der Waals surface area contributed by atoms with E-state index in [9.17, 15) is 4.79 Å². The predicted octanol–water partition coefficient (Wildman–Crippen LogP) is 1.65. The smallest absolute Gasteiger partial charge is 0.246 e. The molecule has 0 rings (SSSR count). The Morgan fingerprint density at radius 3 is 2.06 bits per heavy atom. The number of nitrogens with one attached hydrogen (secondary N) is 1. The Balaban J connectivity index is 3.77. The highest BCUT2D eigenvalue weighted by Gasteiger charge is 2.13. The molecule has 0 unspecified atom stereocenters. The van der Waals surface area contributed by atoms with Gasteiger partial charge >= 0.3 is 0 Å². The van der Waals surface area contributed by atoms with E-state index in [1.807, 2.05) is 13.8 Å². The van der Waals surface area contributed by atoms with E-state index in [0.29, 0.717) is 18.6 Å². The number of amides is 1. The van der Waals surface area contributed by atoms with Gasteiger partial charge in [0.05, 0.1) is 6.10 Å². The van der Waals surface area contributed by atoms with Gasteiger partial charge in [0.15, 0.2) is 0 Å². The Labute approximate surface area is 106 Å². The molecule has 0 atom stereocenters. The van der Waals surface area contributed by atoms with Gasteiger partial charge in [-0.15, -0.1) is 0 Å². The first kappa shape index (κ1) is 16.4. The summed E-state index contributed by atoms with van der Waals surface area (Å²) < 4.78 is 5.23. The summed E-state index contributed by atoms with van der Waals surface area (Å²) in [6.45, 7) is 14.2. The number of rotatable bonds is 8. The van der Waals surface area contributed by atoms with Gasteiger partial charge in [-0.25, -0.2) is 0 Å². The monoisotopic (exact) mass is 244 g/mol. The first-order chi connectivity index (χ1) is 7.84. The van der Waals surface area contributed by atoms with Crippen LogP contribution in [-0.2, 0) is 9.53 Å². The fourth-order valence-corrected chi connectivity index (χ4v) is 1.73. The highest BCUT2D eigenvalue weighted by molar-refractivity contribution is 5.77. The average Bonchev–Trinajstić information content (AvgIpc) is 2.20. The van der Waals surface area contributed by atoms with Crippen LogP contribution in [0.3, 0.4) is 0 Å². The first-order valence-electron chi connectivity index (χ1n) is 6.48. The molecule has 102 valence electrons. The van der Waals surface area contributed by atoms with Gasteiger partial charge < -0.3 is 10.1 Å². The maximum absolute atomic E-state index is 11.4. The zero-order valence-electron chi connectivity index (χ0n) is 12.1. The summed E-state index contributed by atoms with van der Waals surface area (Å²) in [5.41, 5.74) is 0. The van der Waals surface area contributed by atoms with E-state index in [2.05, 4.69) is 37.9 Å². The SMILES string of the molecule is CC(C)OCC(=O)NCCN(C(C)C)C(C)C. The summed E-state index contributed by atoms with van der Waals surface area (Å²) in [6, 6.07) is 0.998. The summed E-state index contributed by atoms with van der Waals surface area (Å²) in [5, 5.41) is 2.87. The van der Waals surface area contributed by atoms with Crippen molar-refractivity contribution in [3.05, 3.63) is 0 Å². The predicted molar refractivity (Wildman–Crippen MR) is 71.1 cm³/mol. The van der Waals surface area contributed by atoms with Crippen molar-refractivity contribution >= 4 is 5.91 Å². The quantitative estimate of drug-likeness (QED) is 0.706. The topological polar surface area (TPSA) is 41.6 Å². The molecule has 0 radical (unpaired) electrons. The van der Waals surface area contributed by atoms with Crippen LogP contribution in [0.4, 0.5) is 0 Å². The molecule has 4 heteroatoms. The van der Waals surface area contributed by atoms with E-state index in [4.69, 9.17) is 4.74 Å². The minimum absolute atomic E-state index is 0.0360. The lowest BCUT2D eigenvalue weighted by atomic mass is 10.2. The molecule has 4 nitrogen and oxygen atoms in total. The Morgan fingerprint density at radius 1 is 1.12 bits per heavy atom. The zero-order valence-corrected chi connectivity index (χ0v) is 12.1. The van der Waals surface area contributed by atoms with Crippen LogP contribution in [0.15, 0.2) is 0 Å². The number of hydrogen-bond donors (Lipinski definition) is 1. The summed E-state index contributed by atoms with van der Waals surface area (Å²) in [6.07, 6.45) is 0.101. The minimum Gasteiger partial charge on any atom is -0.369 e. The Morgan fingerprint density at radius 2 is 1.65 bits per heavy atom. The molecule has 0 spiro atoms. The van der Waals surface area contributed by atoms with Crippen molar-refractivity contribution in [3.8, 4) is 0 Å². The van der Waals surface area contributed by atoms with Crippen molar-refractivity contribution in [3.63, 3.8) is 0 Å². The first-order valence-corrected chi connectivity index (χ1v) is 6.48. The van der Waals surface area contributed by atoms with E-state index in [1.54, 1.807) is 0 Å². The fourth-order valence-electron chi connectivity index (χ4n) is 1.73. The molecule has 0 saturated heterocycles. The van der Waals surface area contributed by atoms with E-state index in [0.717, 1.165) is 6.54 Å². The lowest BCUT2D eigenvalue weighted by Crippen LogP contribution is -2.43. The van der Waals surface area contributed by atoms with E-state index >= 15 is 0 Å². The van der Waals surface area contributed by atoms with Crippen LogP contribution in [0, 0.1) is 0 Å². The van der Waals surface area contributed by atoms with Crippen molar-refractivity contribution in [1.82, 2.24) is 10.2 Å². The molecule has 0 saturated carbocycles. The van der Waals surface area contributed by atoms with Crippen LogP contribution < -0.4 is 5.32 Å². The van der Waals surface area contributed by atoms with Gasteiger partial charge in [-0.05, 0) is 41.5 Å². The van der Waals surface area contributed by atoms with Gasteiger partial charge in [-0.3, -0.25) is 9.69 Å². The maximum Gasteiger partial charge on any atom is 0.246 e. The van der Waals surface area contributed by atoms with Crippen LogP contribution in [-0.4, -0.2) is 48.7 Å². The van der Waals surface area contributed by atoms with Gasteiger partial charge in [-0.1, -0.05) is 0 Å². The number of ether oxygens (including phenoxy) is 1. The van der Waals surface area contributed by atoms with Gasteiger partial charge in [-0.2, -0.15) is 0 Å². The highest BCUT2D eigenvalue weighted by atomic mass is 16.5. The molecule has 1 amide bonds. The van der Waals surface area contributed by atoms with Crippen molar-refractivity contribution in [2.24, 2.45) is 0 Å². The molecule has 0 bridgehead atoms. The third-order valence-electron chi connectivity index (χ3n) is 2.57. The Hall–Kier alpha value is -0.610. The third kappa shape index (κ3) is 8.16. The summed E-state index contributed by atoms with van der Waals surface area (Å²) in [7, 11) is 0. The normalized spacial score (nSPS) is 11.9. The molecule has 0 heterocycles. The molecule has 0 aliphatic heterocycles. The van der Waals surface area contributed by atoms with Gasteiger partial charge in [0.2, 0.25) is 5.91 Å². The second kappa shape index (κ2) is 8.48. The number of carbonyl (C=O) groups is 1. The van der Waals surface area contributed by atoms with Crippen LogP contribution in [0.1, 0.15) is 41.5 Å². The van der Waals surface area contributed by atoms with E-state index in [1.165, 1.54) is 0 Å². The third-order valence-corrected chi connectivity index (χ3v) is 2.57. The van der Waals surface area contributed by atoms with Crippen molar-refractivity contribution in [2.75, 3.05) is 19.7 Å². The lowest BCUT2D eigenvalue weighted by molar-refractivity contribution is -0.127. The van der Waals surface area contributed by atoms with Gasteiger partial charge in [0.25, 0.3) is 0 Å². The highest BCUT2D eigenvalue weighted by Crippen LogP contribution is 2.03. The molecule has 0 fully saturated rings. The molecule has 17 heavy (non-hydrogen) atoms. The molecular weight excluding hydrogens is 216 g/mol. The molecule has 0 aliphatic rings. The van der Waals surface area contributed by atoms with E-state index < -0.39 is 0 Å². The second-order valence-corrected chi connectivity index (χ2v) is 5.14. The van der Waals surface area contributed by atoms with Crippen LogP contribution in [0.5, 0.6) is 0 Å². The van der Waals surface area contributed by atoms with Crippen molar-refractivity contribution in [2.45, 2.75) is 59.7 Å². The summed E-state index contributed by atoms with van der Waals surface area (Å²) >= 11 is 0. The molecule has 0 aromatic rings. The summed E-state index contributed by atoms with van der Waals surface area (Å²) in [4.78, 5) is 13.8. The molecule has 0 aromatic heterocycles. The Bertz CT molecular complexity index is 207. The van der Waals surface area contributed by atoms with Gasteiger partial charge in [0, 0.05) is 25.2 Å². The van der Waals surface area contributed by atoms with Crippen LogP contribution >= 0.6 is 0 Å². The molecule has 0 aliphatic carbocycles. The molecule has 1 N–H and O–H groups in total. The van der Waals surface area contributed by atoms with Crippen LogP contribution in [0.2, 0.25) is 0 Å². The van der Waals surface area contributed by atoms with Gasteiger partial charge in [0.1, 0.15) is 6.61 Å². The number of carbonyl (C=O) groups excluding carboxylic acids is 1. The maximum atomic E-state index is 11.4. The fraction of sp³-hybridized carbons (Fsp3) is 0.923. The average molecular weight is 244 g/mol. The number of hydrogen-bond acceptors (Lipinski definition) is 3. The zero-order chi connectivity index (χ0) is 13.4. The standard InChI is InChI=1S/C13H28N2O2/c1-10(2)15(11(3)4)8-7-14-13(16)9-17-12(5)6/h10-12H,7-9H2,1-6H3,(H,14,16). The molecule has 0 aromatic carbocycles. The van der Waals surface area contributed by atoms with Crippen LogP contribution in [0.25, 0.3) is 0 Å². The van der Waals surface area contributed by atoms with E-state index in [-0.39, 0.29) is 18.6 Å². The lowest BCUT2D eigenvalue weighted by Gasteiger charge is -2.30. The largest absolute Gasteiger partial charge is 0.369 e. The van der Waals surface area contributed by atoms with Crippen molar-refractivity contribution < 1.29 is 9.53 Å². The number of nitrogens with zero attached hydrogens (tertiary/aromatic N) is 1. The molecular formula is C13H28N2O2.